The average Bonchev–Trinajstić information content (AvgIpc) is 3.24. The molecule has 1 aromatic carbocycles. The molecule has 0 unspecified atom stereocenters. The smallest absolute Gasteiger partial charge is 0.203 e. The molecule has 0 bridgehead atoms. The summed E-state index contributed by atoms with van der Waals surface area (Å²) in [7, 11) is 4.90. The lowest BCUT2D eigenvalue weighted by molar-refractivity contribution is 0.220. The fourth-order valence-corrected chi connectivity index (χ4v) is 3.28. The van der Waals surface area contributed by atoms with E-state index in [0.29, 0.717) is 23.3 Å². The van der Waals surface area contributed by atoms with E-state index in [1.165, 1.54) is 6.42 Å². The minimum absolute atomic E-state index is 0.337. The predicted molar refractivity (Wildman–Crippen MR) is 87.2 cm³/mol. The van der Waals surface area contributed by atoms with Crippen LogP contribution in [0.1, 0.15) is 30.2 Å². The first-order valence-electron chi connectivity index (χ1n) is 7.83. The molecule has 1 fully saturated rings. The van der Waals surface area contributed by atoms with Gasteiger partial charge < -0.3 is 18.6 Å². The molecule has 0 N–H and O–H groups in total. The maximum absolute atomic E-state index is 5.60. The third kappa shape index (κ3) is 3.15. The summed E-state index contributed by atoms with van der Waals surface area (Å²) in [6.45, 7) is 1.88. The number of ether oxygens (including phenoxy) is 3. The van der Waals surface area contributed by atoms with Crippen molar-refractivity contribution in [2.75, 3.05) is 27.9 Å². The minimum atomic E-state index is 0.337. The fourth-order valence-electron chi connectivity index (χ4n) is 3.28. The van der Waals surface area contributed by atoms with Gasteiger partial charge in [0.15, 0.2) is 11.5 Å². The predicted octanol–water partition coefficient (Wildman–Crippen LogP) is 3.64. The monoisotopic (exact) mass is 317 g/mol. The Labute approximate surface area is 136 Å². The summed E-state index contributed by atoms with van der Waals surface area (Å²) in [4.78, 5) is 2.43. The second-order valence-electron chi connectivity index (χ2n) is 5.68. The van der Waals surface area contributed by atoms with Crippen LogP contribution in [0.4, 0.5) is 0 Å². The first-order chi connectivity index (χ1) is 11.3. The first kappa shape index (κ1) is 15.7. The zero-order valence-electron chi connectivity index (χ0n) is 13.9. The molecule has 3 rings (SSSR count). The Balaban J connectivity index is 1.84. The van der Waals surface area contributed by atoms with Crippen molar-refractivity contribution >= 4 is 0 Å². The number of rotatable bonds is 6. The van der Waals surface area contributed by atoms with Crippen molar-refractivity contribution in [1.29, 1.82) is 0 Å². The Morgan fingerprint density at radius 1 is 1.13 bits per heavy atom. The summed E-state index contributed by atoms with van der Waals surface area (Å²) in [5.74, 6) is 3.05. The van der Waals surface area contributed by atoms with Crippen LogP contribution in [0.2, 0.25) is 0 Å². The summed E-state index contributed by atoms with van der Waals surface area (Å²) >= 11 is 0. The Kier molecular flexibility index (Phi) is 4.76. The lowest BCUT2D eigenvalue weighted by Gasteiger charge is -2.23. The Morgan fingerprint density at radius 3 is 2.43 bits per heavy atom. The molecule has 0 saturated carbocycles. The second-order valence-corrected chi connectivity index (χ2v) is 5.68. The van der Waals surface area contributed by atoms with E-state index < -0.39 is 0 Å². The second kappa shape index (κ2) is 6.96. The standard InChI is InChI=1S/C18H23NO4/c1-20-16-10-13(11-17(21-2)18(16)22-3)12-19-8-4-6-14(19)15-7-5-9-23-15/h5,7,9-11,14H,4,6,8,12H2,1-3H3/t14-/m0/s1. The third-order valence-electron chi connectivity index (χ3n) is 4.35. The molecule has 2 aromatic rings. The largest absolute Gasteiger partial charge is 0.493 e. The summed E-state index contributed by atoms with van der Waals surface area (Å²) in [6.07, 6.45) is 4.04. The normalized spacial score (nSPS) is 18.1. The fraction of sp³-hybridized carbons (Fsp3) is 0.444. The summed E-state index contributed by atoms with van der Waals surface area (Å²) in [6, 6.07) is 8.37. The molecule has 5 nitrogen and oxygen atoms in total. The van der Waals surface area contributed by atoms with Crippen LogP contribution < -0.4 is 14.2 Å². The Bertz CT molecular complexity index is 613. The van der Waals surface area contributed by atoms with Gasteiger partial charge in [0, 0.05) is 6.54 Å². The molecule has 0 aliphatic carbocycles. The van der Waals surface area contributed by atoms with E-state index in [4.69, 9.17) is 18.6 Å². The molecule has 124 valence electrons. The van der Waals surface area contributed by atoms with Gasteiger partial charge in [-0.05, 0) is 49.2 Å². The maximum atomic E-state index is 5.60. The van der Waals surface area contributed by atoms with Gasteiger partial charge in [0.1, 0.15) is 5.76 Å². The zero-order chi connectivity index (χ0) is 16.2. The highest BCUT2D eigenvalue weighted by Crippen LogP contribution is 2.40. The van der Waals surface area contributed by atoms with Crippen molar-refractivity contribution in [3.8, 4) is 17.2 Å². The van der Waals surface area contributed by atoms with Gasteiger partial charge in [0.2, 0.25) is 5.75 Å². The van der Waals surface area contributed by atoms with Crippen molar-refractivity contribution < 1.29 is 18.6 Å². The molecule has 2 heterocycles. The SMILES string of the molecule is COc1cc(CN2CCC[C@H]2c2ccco2)cc(OC)c1OC. The lowest BCUT2D eigenvalue weighted by atomic mass is 10.1. The number of hydrogen-bond acceptors (Lipinski definition) is 5. The van der Waals surface area contributed by atoms with Crippen LogP contribution in [0, 0.1) is 0 Å². The van der Waals surface area contributed by atoms with Crippen molar-refractivity contribution in [2.45, 2.75) is 25.4 Å². The van der Waals surface area contributed by atoms with Crippen LogP contribution in [-0.4, -0.2) is 32.8 Å². The van der Waals surface area contributed by atoms with Crippen LogP contribution in [0.15, 0.2) is 34.9 Å². The van der Waals surface area contributed by atoms with Crippen LogP contribution in [0.25, 0.3) is 0 Å². The number of furan rings is 1. The number of likely N-dealkylation sites (tertiary alicyclic amines) is 1. The van der Waals surface area contributed by atoms with Crippen molar-refractivity contribution in [3.63, 3.8) is 0 Å². The van der Waals surface area contributed by atoms with Crippen LogP contribution in [0.3, 0.4) is 0 Å². The number of nitrogens with zero attached hydrogens (tertiary/aromatic N) is 1. The quantitative estimate of drug-likeness (QED) is 0.814. The van der Waals surface area contributed by atoms with E-state index in [1.54, 1.807) is 27.6 Å². The average molecular weight is 317 g/mol. The highest BCUT2D eigenvalue weighted by Gasteiger charge is 2.28. The van der Waals surface area contributed by atoms with Gasteiger partial charge in [-0.2, -0.15) is 0 Å². The zero-order valence-corrected chi connectivity index (χ0v) is 13.9. The van der Waals surface area contributed by atoms with Gasteiger partial charge in [-0.15, -0.1) is 0 Å². The Morgan fingerprint density at radius 2 is 1.87 bits per heavy atom. The van der Waals surface area contributed by atoms with Gasteiger partial charge >= 0.3 is 0 Å². The number of benzene rings is 1. The Hall–Kier alpha value is -2.14. The molecule has 23 heavy (non-hydrogen) atoms. The first-order valence-corrected chi connectivity index (χ1v) is 7.83. The molecular formula is C18H23NO4. The van der Waals surface area contributed by atoms with Crippen molar-refractivity contribution in [1.82, 2.24) is 4.90 Å². The van der Waals surface area contributed by atoms with Gasteiger partial charge in [0.05, 0.1) is 33.6 Å². The lowest BCUT2D eigenvalue weighted by Crippen LogP contribution is -2.22. The van der Waals surface area contributed by atoms with Crippen LogP contribution >= 0.6 is 0 Å². The third-order valence-corrected chi connectivity index (χ3v) is 4.35. The number of methoxy groups -OCH3 is 3. The highest BCUT2D eigenvalue weighted by atomic mass is 16.5. The van der Waals surface area contributed by atoms with E-state index in [2.05, 4.69) is 11.0 Å². The van der Waals surface area contributed by atoms with E-state index in [9.17, 15) is 0 Å². The van der Waals surface area contributed by atoms with Crippen LogP contribution in [0.5, 0.6) is 17.2 Å². The molecule has 1 aromatic heterocycles. The molecule has 0 radical (unpaired) electrons. The molecule has 1 aliphatic heterocycles. The van der Waals surface area contributed by atoms with E-state index in [1.807, 2.05) is 18.2 Å². The van der Waals surface area contributed by atoms with E-state index in [-0.39, 0.29) is 0 Å². The van der Waals surface area contributed by atoms with Gasteiger partial charge in [-0.3, -0.25) is 4.90 Å². The molecule has 0 amide bonds. The summed E-state index contributed by atoms with van der Waals surface area (Å²) < 4.78 is 21.9. The highest BCUT2D eigenvalue weighted by molar-refractivity contribution is 5.53. The number of hydrogen-bond donors (Lipinski definition) is 0. The molecule has 1 atom stereocenters. The minimum Gasteiger partial charge on any atom is -0.493 e. The summed E-state index contributed by atoms with van der Waals surface area (Å²) in [5, 5.41) is 0. The van der Waals surface area contributed by atoms with Crippen molar-refractivity contribution in [2.24, 2.45) is 0 Å². The van der Waals surface area contributed by atoms with E-state index in [0.717, 1.165) is 30.8 Å². The van der Waals surface area contributed by atoms with Gasteiger partial charge in [-0.1, -0.05) is 0 Å². The molecule has 1 aliphatic rings. The molecule has 1 saturated heterocycles. The van der Waals surface area contributed by atoms with Crippen LogP contribution in [-0.2, 0) is 6.54 Å². The molecule has 5 heteroatoms. The van der Waals surface area contributed by atoms with Crippen molar-refractivity contribution in [3.05, 3.63) is 41.9 Å². The molecule has 0 spiro atoms. The van der Waals surface area contributed by atoms with Gasteiger partial charge in [-0.25, -0.2) is 0 Å². The topological polar surface area (TPSA) is 44.1 Å². The molecular weight excluding hydrogens is 294 g/mol. The summed E-state index contributed by atoms with van der Waals surface area (Å²) in [5.41, 5.74) is 1.14. The maximum Gasteiger partial charge on any atom is 0.203 e. The van der Waals surface area contributed by atoms with Gasteiger partial charge in [0.25, 0.3) is 0 Å². The van der Waals surface area contributed by atoms with E-state index >= 15 is 0 Å².